The summed E-state index contributed by atoms with van der Waals surface area (Å²) in [6.45, 7) is 0. The van der Waals surface area contributed by atoms with Gasteiger partial charge in [0, 0.05) is 0 Å². The van der Waals surface area contributed by atoms with Gasteiger partial charge >= 0.3 is 12.1 Å². The first-order chi connectivity index (χ1) is 8.84. The molecule has 0 saturated heterocycles. The Balaban J connectivity index is 2.45. The second kappa shape index (κ2) is 4.64. The minimum Gasteiger partial charge on any atom is -0.493 e. The third-order valence-electron chi connectivity index (χ3n) is 2.97. The number of methoxy groups -OCH3 is 1. The molecule has 19 heavy (non-hydrogen) atoms. The Kier molecular flexibility index (Phi) is 3.30. The van der Waals surface area contributed by atoms with E-state index in [0.717, 1.165) is 0 Å². The molecule has 0 spiro atoms. The molecule has 7 heteroatoms. The molecule has 1 aromatic rings. The van der Waals surface area contributed by atoms with Gasteiger partial charge in [-0.05, 0) is 18.1 Å². The van der Waals surface area contributed by atoms with Gasteiger partial charge in [0.05, 0.1) is 7.11 Å². The van der Waals surface area contributed by atoms with E-state index in [1.54, 1.807) is 6.07 Å². The number of carbonyl (C=O) groups is 1. The topological polar surface area (TPSA) is 55.8 Å². The summed E-state index contributed by atoms with van der Waals surface area (Å²) in [6, 6.07) is 4.57. The van der Waals surface area contributed by atoms with Crippen molar-refractivity contribution < 1.29 is 32.5 Å². The van der Waals surface area contributed by atoms with Crippen LogP contribution in [0.1, 0.15) is 5.56 Å². The van der Waals surface area contributed by atoms with Gasteiger partial charge < -0.3 is 14.6 Å². The van der Waals surface area contributed by atoms with Gasteiger partial charge in [0.1, 0.15) is 5.92 Å². The summed E-state index contributed by atoms with van der Waals surface area (Å²) in [7, 11) is 1.31. The number of fused-ring (bicyclic) bond motifs is 1. The van der Waals surface area contributed by atoms with Crippen molar-refractivity contribution in [1.29, 1.82) is 0 Å². The van der Waals surface area contributed by atoms with Crippen LogP contribution in [0.3, 0.4) is 0 Å². The number of aliphatic carboxylic acids is 1. The number of ether oxygens (including phenoxy) is 2. The van der Waals surface area contributed by atoms with Crippen LogP contribution >= 0.6 is 0 Å². The quantitative estimate of drug-likeness (QED) is 0.900. The smallest absolute Gasteiger partial charge is 0.426 e. The van der Waals surface area contributed by atoms with Crippen molar-refractivity contribution in [2.24, 2.45) is 5.92 Å². The predicted octanol–water partition coefficient (Wildman–Crippen LogP) is 2.26. The molecule has 1 aliphatic rings. The minimum absolute atomic E-state index is 0.0372. The standard InChI is InChI=1S/C12H11F3O4/c1-18-8-4-2-3-6-5-7(11(16)17)10(12(13,14)15)19-9(6)8/h2-4,7,10H,5H2,1H3,(H,16,17)/t7-,10-/m1/s1. The summed E-state index contributed by atoms with van der Waals surface area (Å²) in [6.07, 6.45) is -7.36. The maximum atomic E-state index is 12.9. The lowest BCUT2D eigenvalue weighted by atomic mass is 9.90. The van der Waals surface area contributed by atoms with Crippen LogP contribution in [-0.2, 0) is 11.2 Å². The summed E-state index contributed by atoms with van der Waals surface area (Å²) in [5.41, 5.74) is 0.396. The van der Waals surface area contributed by atoms with Crippen LogP contribution in [-0.4, -0.2) is 30.5 Å². The van der Waals surface area contributed by atoms with Crippen LogP contribution in [0.2, 0.25) is 0 Å². The number of para-hydroxylation sites is 1. The highest BCUT2D eigenvalue weighted by Gasteiger charge is 2.52. The van der Waals surface area contributed by atoms with Crippen LogP contribution in [0.5, 0.6) is 11.5 Å². The third-order valence-corrected chi connectivity index (χ3v) is 2.97. The van der Waals surface area contributed by atoms with Gasteiger partial charge in [-0.25, -0.2) is 0 Å². The molecule has 0 bridgehead atoms. The van der Waals surface area contributed by atoms with Gasteiger partial charge in [-0.15, -0.1) is 0 Å². The first kappa shape index (κ1) is 13.5. The fourth-order valence-corrected chi connectivity index (χ4v) is 2.08. The molecule has 0 amide bonds. The molecule has 0 unspecified atom stereocenters. The van der Waals surface area contributed by atoms with E-state index in [1.807, 2.05) is 0 Å². The molecule has 0 radical (unpaired) electrons. The van der Waals surface area contributed by atoms with E-state index in [-0.39, 0.29) is 17.9 Å². The molecule has 1 N–H and O–H groups in total. The number of hydrogen-bond acceptors (Lipinski definition) is 3. The van der Waals surface area contributed by atoms with E-state index in [1.165, 1.54) is 19.2 Å². The van der Waals surface area contributed by atoms with Gasteiger partial charge in [-0.2, -0.15) is 13.2 Å². The Hall–Kier alpha value is -1.92. The number of alkyl halides is 3. The molecule has 0 aromatic heterocycles. The van der Waals surface area contributed by atoms with Gasteiger partial charge in [0.15, 0.2) is 11.5 Å². The van der Waals surface area contributed by atoms with E-state index in [2.05, 4.69) is 0 Å². The van der Waals surface area contributed by atoms with E-state index < -0.39 is 24.2 Å². The zero-order valence-electron chi connectivity index (χ0n) is 9.90. The summed E-state index contributed by atoms with van der Waals surface area (Å²) < 4.78 is 48.3. The van der Waals surface area contributed by atoms with Crippen LogP contribution in [0, 0.1) is 5.92 Å². The molecular weight excluding hydrogens is 265 g/mol. The fourth-order valence-electron chi connectivity index (χ4n) is 2.08. The zero-order chi connectivity index (χ0) is 14.2. The van der Waals surface area contributed by atoms with Crippen LogP contribution in [0.15, 0.2) is 18.2 Å². The van der Waals surface area contributed by atoms with Crippen molar-refractivity contribution in [3.05, 3.63) is 23.8 Å². The maximum Gasteiger partial charge on any atom is 0.426 e. The van der Waals surface area contributed by atoms with Crippen molar-refractivity contribution in [1.82, 2.24) is 0 Å². The summed E-state index contributed by atoms with van der Waals surface area (Å²) in [4.78, 5) is 11.0. The first-order valence-corrected chi connectivity index (χ1v) is 5.46. The van der Waals surface area contributed by atoms with Crippen molar-refractivity contribution in [2.75, 3.05) is 7.11 Å². The lowest BCUT2D eigenvalue weighted by Crippen LogP contribution is -2.47. The molecule has 1 aromatic carbocycles. The van der Waals surface area contributed by atoms with Crippen molar-refractivity contribution in [2.45, 2.75) is 18.7 Å². The van der Waals surface area contributed by atoms with Gasteiger partial charge in [-0.3, -0.25) is 4.79 Å². The van der Waals surface area contributed by atoms with E-state index in [9.17, 15) is 18.0 Å². The summed E-state index contributed by atoms with van der Waals surface area (Å²) in [5.74, 6) is -3.06. The number of halogens is 3. The molecule has 1 heterocycles. The molecule has 104 valence electrons. The second-order valence-corrected chi connectivity index (χ2v) is 4.18. The van der Waals surface area contributed by atoms with Crippen molar-refractivity contribution >= 4 is 5.97 Å². The van der Waals surface area contributed by atoms with E-state index in [0.29, 0.717) is 5.56 Å². The van der Waals surface area contributed by atoms with Crippen LogP contribution < -0.4 is 9.47 Å². The normalized spacial score (nSPS) is 22.3. The number of benzene rings is 1. The lowest BCUT2D eigenvalue weighted by molar-refractivity contribution is -0.217. The second-order valence-electron chi connectivity index (χ2n) is 4.18. The van der Waals surface area contributed by atoms with Crippen molar-refractivity contribution in [3.63, 3.8) is 0 Å². The first-order valence-electron chi connectivity index (χ1n) is 5.46. The molecular formula is C12H11F3O4. The summed E-state index contributed by atoms with van der Waals surface area (Å²) >= 11 is 0. The number of rotatable bonds is 2. The lowest BCUT2D eigenvalue weighted by Gasteiger charge is -2.33. The molecule has 0 aliphatic carbocycles. The van der Waals surface area contributed by atoms with Gasteiger partial charge in [0.25, 0.3) is 0 Å². The van der Waals surface area contributed by atoms with Crippen molar-refractivity contribution in [3.8, 4) is 11.5 Å². The monoisotopic (exact) mass is 276 g/mol. The molecule has 0 fully saturated rings. The Morgan fingerprint density at radius 3 is 2.68 bits per heavy atom. The molecule has 1 aliphatic heterocycles. The SMILES string of the molecule is COc1cccc2c1O[C@@H](C(F)(F)F)[C@H](C(=O)O)C2. The molecule has 2 atom stereocenters. The van der Waals surface area contributed by atoms with Gasteiger partial charge in [-0.1, -0.05) is 12.1 Å². The average molecular weight is 276 g/mol. The highest BCUT2D eigenvalue weighted by molar-refractivity contribution is 5.72. The Morgan fingerprint density at radius 2 is 2.16 bits per heavy atom. The average Bonchev–Trinajstić information content (AvgIpc) is 2.35. The third kappa shape index (κ3) is 2.45. The minimum atomic E-state index is -4.75. The van der Waals surface area contributed by atoms with Gasteiger partial charge in [0.2, 0.25) is 6.10 Å². The van der Waals surface area contributed by atoms with Crippen LogP contribution in [0.4, 0.5) is 13.2 Å². The van der Waals surface area contributed by atoms with E-state index in [4.69, 9.17) is 14.6 Å². The molecule has 0 saturated carbocycles. The zero-order valence-corrected chi connectivity index (χ0v) is 9.90. The Morgan fingerprint density at radius 1 is 1.47 bits per heavy atom. The van der Waals surface area contributed by atoms with Crippen LogP contribution in [0.25, 0.3) is 0 Å². The fraction of sp³-hybridized carbons (Fsp3) is 0.417. The number of hydrogen-bond donors (Lipinski definition) is 1. The highest BCUT2D eigenvalue weighted by atomic mass is 19.4. The maximum absolute atomic E-state index is 12.9. The summed E-state index contributed by atoms with van der Waals surface area (Å²) in [5, 5.41) is 8.91. The largest absolute Gasteiger partial charge is 0.493 e. The number of carboxylic acid groups (broad SMARTS) is 1. The Bertz CT molecular complexity index is 498. The molecule has 2 rings (SSSR count). The number of carboxylic acids is 1. The Labute approximate surface area is 106 Å². The molecule has 4 nitrogen and oxygen atoms in total. The predicted molar refractivity (Wildman–Crippen MR) is 58.3 cm³/mol. The van der Waals surface area contributed by atoms with E-state index >= 15 is 0 Å². The highest BCUT2D eigenvalue weighted by Crippen LogP contribution is 2.42.